The summed E-state index contributed by atoms with van der Waals surface area (Å²) in [5.41, 5.74) is 1.12. The molecule has 2 N–H and O–H groups in total. The second-order valence-corrected chi connectivity index (χ2v) is 8.82. The van der Waals surface area contributed by atoms with E-state index in [1.54, 1.807) is 11.0 Å². The van der Waals surface area contributed by atoms with E-state index >= 15 is 0 Å². The number of sulfonamides is 1. The maximum Gasteiger partial charge on any atom is 0.240 e. The number of fused-ring (bicyclic) bond motifs is 1. The second-order valence-electron chi connectivity index (χ2n) is 7.05. The largest absolute Gasteiger partial charge is 0.323 e. The fourth-order valence-corrected chi connectivity index (χ4v) is 4.52. The third-order valence-electron chi connectivity index (χ3n) is 4.76. The molecule has 2 amide bonds. The lowest BCUT2D eigenvalue weighted by molar-refractivity contribution is -0.117. The molecule has 2 aromatic carbocycles. The summed E-state index contributed by atoms with van der Waals surface area (Å²) in [5.74, 6) is -2.28. The van der Waals surface area contributed by atoms with E-state index in [4.69, 9.17) is 0 Å². The molecule has 10 heteroatoms. The molecule has 0 spiro atoms. The van der Waals surface area contributed by atoms with Gasteiger partial charge in [0.05, 0.1) is 10.6 Å². The highest BCUT2D eigenvalue weighted by Crippen LogP contribution is 2.33. The van der Waals surface area contributed by atoms with Gasteiger partial charge in [0.25, 0.3) is 0 Å². The van der Waals surface area contributed by atoms with Gasteiger partial charge in [-0.3, -0.25) is 9.59 Å². The van der Waals surface area contributed by atoms with Crippen LogP contribution in [0.4, 0.5) is 20.2 Å². The minimum Gasteiger partial charge on any atom is -0.323 e. The topological polar surface area (TPSA) is 95.6 Å². The highest BCUT2D eigenvalue weighted by atomic mass is 32.2. The van der Waals surface area contributed by atoms with E-state index in [-0.39, 0.29) is 35.5 Å². The van der Waals surface area contributed by atoms with Crippen LogP contribution in [-0.2, 0) is 26.0 Å². The zero-order valence-corrected chi connectivity index (χ0v) is 17.2. The van der Waals surface area contributed by atoms with Crippen LogP contribution < -0.4 is 14.9 Å². The highest BCUT2D eigenvalue weighted by molar-refractivity contribution is 7.89. The molecule has 160 valence electrons. The number of rotatable bonds is 6. The number of hydrogen-bond donors (Lipinski definition) is 2. The predicted molar refractivity (Wildman–Crippen MR) is 108 cm³/mol. The Morgan fingerprint density at radius 2 is 1.90 bits per heavy atom. The molecule has 0 fully saturated rings. The molecule has 0 aromatic heterocycles. The smallest absolute Gasteiger partial charge is 0.240 e. The van der Waals surface area contributed by atoms with Gasteiger partial charge in [0.2, 0.25) is 21.8 Å². The van der Waals surface area contributed by atoms with Crippen LogP contribution in [0.5, 0.6) is 0 Å². The Hall–Kier alpha value is -2.85. The summed E-state index contributed by atoms with van der Waals surface area (Å²) in [6.07, 6.45) is 0.273. The van der Waals surface area contributed by atoms with Crippen LogP contribution >= 0.6 is 0 Å². The van der Waals surface area contributed by atoms with Gasteiger partial charge in [0.1, 0.15) is 11.6 Å². The van der Waals surface area contributed by atoms with Gasteiger partial charge in [0.15, 0.2) is 0 Å². The van der Waals surface area contributed by atoms with E-state index in [1.165, 1.54) is 19.1 Å². The number of carbonyl (C=O) groups excluding carboxylic acids is 2. The summed E-state index contributed by atoms with van der Waals surface area (Å²) >= 11 is 0. The monoisotopic (exact) mass is 437 g/mol. The van der Waals surface area contributed by atoms with Crippen molar-refractivity contribution in [1.29, 1.82) is 0 Å². The minimum absolute atomic E-state index is 0.0236. The summed E-state index contributed by atoms with van der Waals surface area (Å²) in [4.78, 5) is 25.3. The van der Waals surface area contributed by atoms with E-state index in [1.807, 2.05) is 6.92 Å². The standard InChI is InChI=1S/C20H21F2N3O4S/c1-12-9-14-10-16(4-6-19(14)25(12)13(2)26)30(28,29)23-8-7-20(27)24-18-11-15(21)3-5-17(18)22/h3-6,10-12,23H,7-9H2,1-2H3,(H,24,27)/t12-/m0/s1. The van der Waals surface area contributed by atoms with E-state index in [0.29, 0.717) is 12.1 Å². The zero-order chi connectivity index (χ0) is 22.1. The number of halogens is 2. The van der Waals surface area contributed by atoms with Crippen molar-refractivity contribution in [2.75, 3.05) is 16.8 Å². The van der Waals surface area contributed by atoms with E-state index in [0.717, 1.165) is 23.8 Å². The van der Waals surface area contributed by atoms with E-state index in [9.17, 15) is 26.8 Å². The number of amides is 2. The van der Waals surface area contributed by atoms with Gasteiger partial charge in [-0.15, -0.1) is 0 Å². The molecule has 0 unspecified atom stereocenters. The molecular formula is C20H21F2N3O4S. The van der Waals surface area contributed by atoms with Gasteiger partial charge >= 0.3 is 0 Å². The lowest BCUT2D eigenvalue weighted by Crippen LogP contribution is -2.33. The van der Waals surface area contributed by atoms with Gasteiger partial charge in [-0.25, -0.2) is 21.9 Å². The van der Waals surface area contributed by atoms with Crippen LogP contribution in [0, 0.1) is 11.6 Å². The number of hydrogen-bond acceptors (Lipinski definition) is 4. The third-order valence-corrected chi connectivity index (χ3v) is 6.22. The Morgan fingerprint density at radius 1 is 1.17 bits per heavy atom. The van der Waals surface area contributed by atoms with Gasteiger partial charge in [-0.1, -0.05) is 0 Å². The first-order valence-electron chi connectivity index (χ1n) is 9.26. The van der Waals surface area contributed by atoms with Gasteiger partial charge in [-0.05, 0) is 49.2 Å². The van der Waals surface area contributed by atoms with Crippen LogP contribution in [0.15, 0.2) is 41.3 Å². The van der Waals surface area contributed by atoms with Crippen LogP contribution in [0.2, 0.25) is 0 Å². The average molecular weight is 437 g/mol. The molecule has 7 nitrogen and oxygen atoms in total. The van der Waals surface area contributed by atoms with Gasteiger partial charge in [0, 0.05) is 37.7 Å². The molecule has 2 aromatic rings. The molecule has 1 aliphatic rings. The summed E-state index contributed by atoms with van der Waals surface area (Å²) in [6.45, 7) is 3.12. The Balaban J connectivity index is 1.62. The number of carbonyl (C=O) groups is 2. The third kappa shape index (κ3) is 4.65. The molecule has 0 saturated heterocycles. The molecule has 1 heterocycles. The highest BCUT2D eigenvalue weighted by Gasteiger charge is 2.30. The quantitative estimate of drug-likeness (QED) is 0.726. The SMILES string of the molecule is CC(=O)N1c2ccc(S(=O)(=O)NCCC(=O)Nc3cc(F)ccc3F)cc2C[C@@H]1C. The van der Waals surface area contributed by atoms with Crippen molar-refractivity contribution in [3.05, 3.63) is 53.6 Å². The second kappa shape index (κ2) is 8.49. The maximum absolute atomic E-state index is 13.6. The Bertz CT molecular complexity index is 1110. The molecule has 0 bridgehead atoms. The fraction of sp³-hybridized carbons (Fsp3) is 0.300. The van der Waals surface area contributed by atoms with Crippen molar-refractivity contribution in [3.63, 3.8) is 0 Å². The number of nitrogens with one attached hydrogen (secondary N) is 2. The molecular weight excluding hydrogens is 416 g/mol. The first-order valence-corrected chi connectivity index (χ1v) is 10.7. The van der Waals surface area contributed by atoms with Gasteiger partial charge in [-0.2, -0.15) is 0 Å². The predicted octanol–water partition coefficient (Wildman–Crippen LogP) is 2.57. The van der Waals surface area contributed by atoms with Crippen molar-refractivity contribution in [2.45, 2.75) is 37.6 Å². The summed E-state index contributed by atoms with van der Waals surface area (Å²) in [6, 6.07) is 7.09. The molecule has 0 aliphatic carbocycles. The molecule has 0 radical (unpaired) electrons. The van der Waals surface area contributed by atoms with Gasteiger partial charge < -0.3 is 10.2 Å². The first kappa shape index (κ1) is 21.8. The van der Waals surface area contributed by atoms with Crippen molar-refractivity contribution in [3.8, 4) is 0 Å². The lowest BCUT2D eigenvalue weighted by Gasteiger charge is -2.20. The van der Waals surface area contributed by atoms with Crippen molar-refractivity contribution in [1.82, 2.24) is 4.72 Å². The minimum atomic E-state index is -3.89. The maximum atomic E-state index is 13.6. The molecule has 1 aliphatic heterocycles. The van der Waals surface area contributed by atoms with Crippen LogP contribution in [-0.4, -0.2) is 32.8 Å². The average Bonchev–Trinajstić information content (AvgIpc) is 2.99. The zero-order valence-electron chi connectivity index (χ0n) is 16.4. The van der Waals surface area contributed by atoms with Crippen molar-refractivity contribution in [2.24, 2.45) is 0 Å². The summed E-state index contributed by atoms with van der Waals surface area (Å²) in [5, 5.41) is 2.21. The normalized spacial score (nSPS) is 15.7. The first-order chi connectivity index (χ1) is 14.1. The molecule has 0 saturated carbocycles. The number of anilines is 2. The molecule has 3 rings (SSSR count). The van der Waals surface area contributed by atoms with Crippen molar-refractivity contribution >= 4 is 33.2 Å². The van der Waals surface area contributed by atoms with E-state index in [2.05, 4.69) is 10.0 Å². The van der Waals surface area contributed by atoms with Crippen LogP contribution in [0.25, 0.3) is 0 Å². The number of nitrogens with zero attached hydrogens (tertiary/aromatic N) is 1. The summed E-state index contributed by atoms with van der Waals surface area (Å²) < 4.78 is 54.1. The fourth-order valence-electron chi connectivity index (χ4n) is 3.44. The Kier molecular flexibility index (Phi) is 6.18. The lowest BCUT2D eigenvalue weighted by atomic mass is 10.1. The molecule has 30 heavy (non-hydrogen) atoms. The van der Waals surface area contributed by atoms with Crippen molar-refractivity contribution < 1.29 is 26.8 Å². The molecule has 1 atom stereocenters. The number of benzene rings is 2. The summed E-state index contributed by atoms with van der Waals surface area (Å²) in [7, 11) is -3.89. The van der Waals surface area contributed by atoms with E-state index < -0.39 is 27.6 Å². The van der Waals surface area contributed by atoms with Crippen LogP contribution in [0.1, 0.15) is 25.8 Å². The van der Waals surface area contributed by atoms with Crippen LogP contribution in [0.3, 0.4) is 0 Å². The Morgan fingerprint density at radius 3 is 2.60 bits per heavy atom. The Labute approximate surface area is 173 Å².